The van der Waals surface area contributed by atoms with Crippen molar-refractivity contribution in [3.63, 3.8) is 0 Å². The predicted octanol–water partition coefficient (Wildman–Crippen LogP) is 3.97. The lowest BCUT2D eigenvalue weighted by Gasteiger charge is -2.45. The molecule has 1 heterocycles. The Hall–Kier alpha value is -0.0800. The Bertz CT molecular complexity index is 288. The number of aliphatic hydroxyl groups is 1. The van der Waals surface area contributed by atoms with E-state index in [0.29, 0.717) is 5.92 Å². The Morgan fingerprint density at radius 1 is 0.800 bits per heavy atom. The van der Waals surface area contributed by atoms with Gasteiger partial charge in [-0.2, -0.15) is 0 Å². The molecule has 2 nitrogen and oxygen atoms in total. The number of nitrogens with zero attached hydrogens (tertiary/aromatic N) is 1. The third kappa shape index (κ3) is 3.57. The first-order chi connectivity index (χ1) is 9.77. The van der Waals surface area contributed by atoms with Crippen LogP contribution < -0.4 is 0 Å². The minimum atomic E-state index is -0.0249. The van der Waals surface area contributed by atoms with Gasteiger partial charge in [-0.15, -0.1) is 0 Å². The highest BCUT2D eigenvalue weighted by Gasteiger charge is 2.36. The van der Waals surface area contributed by atoms with Gasteiger partial charge in [0.15, 0.2) is 0 Å². The van der Waals surface area contributed by atoms with Crippen molar-refractivity contribution in [3.05, 3.63) is 0 Å². The summed E-state index contributed by atoms with van der Waals surface area (Å²) in [7, 11) is 0. The molecule has 1 spiro atoms. The summed E-state index contributed by atoms with van der Waals surface area (Å²) in [6, 6.07) is 0. The maximum absolute atomic E-state index is 10.3. The molecule has 2 unspecified atom stereocenters. The number of aliphatic hydroxyl groups excluding tert-OH is 1. The molecule has 2 heteroatoms. The molecule has 0 aromatic carbocycles. The zero-order chi connectivity index (χ0) is 13.8. The van der Waals surface area contributed by atoms with Crippen LogP contribution in [0.25, 0.3) is 0 Å². The van der Waals surface area contributed by atoms with Gasteiger partial charge in [0.05, 0.1) is 6.10 Å². The van der Waals surface area contributed by atoms with Gasteiger partial charge in [0.25, 0.3) is 0 Å². The number of hydrogen-bond donors (Lipinski definition) is 1. The molecule has 3 fully saturated rings. The van der Waals surface area contributed by atoms with E-state index < -0.39 is 0 Å². The second-order valence-electron chi connectivity index (χ2n) is 7.83. The molecule has 0 aromatic heterocycles. The van der Waals surface area contributed by atoms with Crippen LogP contribution in [0.5, 0.6) is 0 Å². The van der Waals surface area contributed by atoms with Gasteiger partial charge in [-0.1, -0.05) is 38.5 Å². The van der Waals surface area contributed by atoms with Crippen molar-refractivity contribution in [1.82, 2.24) is 4.90 Å². The molecular weight excluding hydrogens is 246 g/mol. The minimum Gasteiger partial charge on any atom is -0.393 e. The van der Waals surface area contributed by atoms with Gasteiger partial charge in [0.2, 0.25) is 0 Å². The standard InChI is InChI=1S/C18H33NO/c20-17-8-4-1-3-7-16(17)15-19-13-11-18(12-14-19)9-5-2-6-10-18/h16-17,20H,1-15H2. The maximum Gasteiger partial charge on any atom is 0.0580 e. The Morgan fingerprint density at radius 2 is 1.45 bits per heavy atom. The highest BCUT2D eigenvalue weighted by atomic mass is 16.3. The lowest BCUT2D eigenvalue weighted by atomic mass is 9.68. The van der Waals surface area contributed by atoms with Gasteiger partial charge in [-0.3, -0.25) is 0 Å². The fraction of sp³-hybridized carbons (Fsp3) is 1.00. The number of likely N-dealkylation sites (tertiary alicyclic amines) is 1. The Morgan fingerprint density at radius 3 is 2.20 bits per heavy atom. The summed E-state index contributed by atoms with van der Waals surface area (Å²) in [6.45, 7) is 3.75. The van der Waals surface area contributed by atoms with Crippen molar-refractivity contribution in [2.24, 2.45) is 11.3 Å². The van der Waals surface area contributed by atoms with Crippen molar-refractivity contribution in [1.29, 1.82) is 0 Å². The predicted molar refractivity (Wildman–Crippen MR) is 83.8 cm³/mol. The SMILES string of the molecule is OC1CCCCCC1CN1CCC2(CCCCC2)CC1. The van der Waals surface area contributed by atoms with Crippen LogP contribution in [-0.2, 0) is 0 Å². The second kappa shape index (κ2) is 6.79. The maximum atomic E-state index is 10.3. The minimum absolute atomic E-state index is 0.0249. The summed E-state index contributed by atoms with van der Waals surface area (Å²) < 4.78 is 0. The van der Waals surface area contributed by atoms with E-state index in [4.69, 9.17) is 0 Å². The van der Waals surface area contributed by atoms with Crippen LogP contribution in [0.4, 0.5) is 0 Å². The molecule has 3 rings (SSSR count). The Balaban J connectivity index is 1.48. The molecule has 3 aliphatic rings. The summed E-state index contributed by atoms with van der Waals surface area (Å²) in [5.41, 5.74) is 0.719. The van der Waals surface area contributed by atoms with Crippen molar-refractivity contribution >= 4 is 0 Å². The van der Waals surface area contributed by atoms with Gasteiger partial charge in [0.1, 0.15) is 0 Å². The quantitative estimate of drug-likeness (QED) is 0.773. The molecular formula is C18H33NO. The smallest absolute Gasteiger partial charge is 0.0580 e. The second-order valence-corrected chi connectivity index (χ2v) is 7.83. The summed E-state index contributed by atoms with van der Waals surface area (Å²) in [6.07, 6.45) is 16.4. The van der Waals surface area contributed by atoms with Gasteiger partial charge >= 0.3 is 0 Å². The lowest BCUT2D eigenvalue weighted by molar-refractivity contribution is 0.0310. The fourth-order valence-corrected chi connectivity index (χ4v) is 4.92. The van der Waals surface area contributed by atoms with E-state index in [2.05, 4.69) is 4.90 Å². The average molecular weight is 279 g/mol. The molecule has 116 valence electrons. The molecule has 0 aromatic rings. The van der Waals surface area contributed by atoms with Crippen molar-refractivity contribution in [3.8, 4) is 0 Å². The molecule has 20 heavy (non-hydrogen) atoms. The van der Waals surface area contributed by atoms with Crippen molar-refractivity contribution in [2.75, 3.05) is 19.6 Å². The number of piperidine rings is 1. The van der Waals surface area contributed by atoms with Crippen LogP contribution in [0.15, 0.2) is 0 Å². The van der Waals surface area contributed by atoms with Crippen LogP contribution in [0.3, 0.4) is 0 Å². The first kappa shape index (κ1) is 14.8. The van der Waals surface area contributed by atoms with E-state index >= 15 is 0 Å². The van der Waals surface area contributed by atoms with E-state index in [1.807, 2.05) is 0 Å². The summed E-state index contributed by atoms with van der Waals surface area (Å²) in [5, 5.41) is 10.3. The molecule has 2 aliphatic carbocycles. The van der Waals surface area contributed by atoms with E-state index in [9.17, 15) is 5.11 Å². The third-order valence-corrected chi connectivity index (χ3v) is 6.44. The van der Waals surface area contributed by atoms with Gasteiger partial charge in [0, 0.05) is 6.54 Å². The molecule has 0 radical (unpaired) electrons. The topological polar surface area (TPSA) is 23.5 Å². The largest absolute Gasteiger partial charge is 0.393 e. The zero-order valence-corrected chi connectivity index (χ0v) is 13.2. The average Bonchev–Trinajstić information content (AvgIpc) is 2.68. The lowest BCUT2D eigenvalue weighted by Crippen LogP contribution is -2.44. The Kier molecular flexibility index (Phi) is 5.04. The summed E-state index contributed by atoms with van der Waals surface area (Å²) in [5.74, 6) is 0.554. The molecule has 0 bridgehead atoms. The molecule has 1 aliphatic heterocycles. The molecule has 2 atom stereocenters. The third-order valence-electron chi connectivity index (χ3n) is 6.44. The van der Waals surface area contributed by atoms with E-state index in [-0.39, 0.29) is 6.10 Å². The molecule has 0 amide bonds. The van der Waals surface area contributed by atoms with Crippen LogP contribution in [-0.4, -0.2) is 35.7 Å². The molecule has 1 saturated heterocycles. The van der Waals surface area contributed by atoms with Gasteiger partial charge in [-0.05, 0) is 62.9 Å². The highest BCUT2D eigenvalue weighted by Crippen LogP contribution is 2.44. The van der Waals surface area contributed by atoms with Crippen LogP contribution in [0, 0.1) is 11.3 Å². The Labute approximate surface area is 124 Å². The normalized spacial score (nSPS) is 35.9. The van der Waals surface area contributed by atoms with Crippen LogP contribution in [0.1, 0.15) is 77.0 Å². The fourth-order valence-electron chi connectivity index (χ4n) is 4.92. The summed E-state index contributed by atoms with van der Waals surface area (Å²) >= 11 is 0. The first-order valence-corrected chi connectivity index (χ1v) is 9.18. The highest BCUT2D eigenvalue weighted by molar-refractivity contribution is 4.89. The summed E-state index contributed by atoms with van der Waals surface area (Å²) in [4.78, 5) is 2.67. The van der Waals surface area contributed by atoms with Crippen molar-refractivity contribution in [2.45, 2.75) is 83.2 Å². The number of rotatable bonds is 2. The van der Waals surface area contributed by atoms with E-state index in [1.165, 1.54) is 83.7 Å². The van der Waals surface area contributed by atoms with E-state index in [1.54, 1.807) is 0 Å². The van der Waals surface area contributed by atoms with Gasteiger partial charge < -0.3 is 10.0 Å². The van der Waals surface area contributed by atoms with Gasteiger partial charge in [-0.25, -0.2) is 0 Å². The first-order valence-electron chi connectivity index (χ1n) is 9.18. The number of hydrogen-bond acceptors (Lipinski definition) is 2. The molecule has 1 N–H and O–H groups in total. The van der Waals surface area contributed by atoms with Crippen molar-refractivity contribution < 1.29 is 5.11 Å². The molecule has 2 saturated carbocycles. The van der Waals surface area contributed by atoms with Crippen LogP contribution >= 0.6 is 0 Å². The van der Waals surface area contributed by atoms with Crippen LogP contribution in [0.2, 0.25) is 0 Å². The van der Waals surface area contributed by atoms with E-state index in [0.717, 1.165) is 18.4 Å². The zero-order valence-electron chi connectivity index (χ0n) is 13.2. The monoisotopic (exact) mass is 279 g/mol.